The van der Waals surface area contributed by atoms with Gasteiger partial charge in [-0.25, -0.2) is 4.70 Å². The second-order valence-corrected chi connectivity index (χ2v) is 30.9. The predicted molar refractivity (Wildman–Crippen MR) is 403 cm³/mol. The van der Waals surface area contributed by atoms with Crippen LogP contribution in [0.15, 0.2) is 59.7 Å². The first-order chi connectivity index (χ1) is 44.6. The van der Waals surface area contributed by atoms with Crippen molar-refractivity contribution in [3.05, 3.63) is 87.5 Å². The Kier molecular flexibility index (Phi) is 61.6. The first kappa shape index (κ1) is 84.3. The number of rotatable bonds is 67. The molecular weight excluding hydrogens is 1180 g/mol. The summed E-state index contributed by atoms with van der Waals surface area (Å²) in [6.07, 6.45) is 89.0. The summed E-state index contributed by atoms with van der Waals surface area (Å²) in [6.45, 7) is 13.7. The van der Waals surface area contributed by atoms with Crippen LogP contribution in [0.25, 0.3) is 16.9 Å². The van der Waals surface area contributed by atoms with E-state index in [0.717, 1.165) is 79.0 Å². The maximum atomic E-state index is 11.9. The number of nitrogens with zero attached hydrogens (tertiary/aromatic N) is 2. The normalized spacial score (nSPS) is 12.6. The molecule has 0 bridgehead atoms. The second kappa shape index (κ2) is 65.8. The van der Waals surface area contributed by atoms with Gasteiger partial charge in [-0.15, -0.1) is 0 Å². The van der Waals surface area contributed by atoms with Crippen molar-refractivity contribution >= 4 is 11.4 Å². The molecule has 2 nitrogen and oxygen atoms in total. The number of unbranched alkanes of at least 4 members (excludes halogenated alkanes) is 53. The molecule has 3 rings (SSSR count). The van der Waals surface area contributed by atoms with E-state index in [4.69, 9.17) is 0 Å². The molecule has 1 heterocycles. The van der Waals surface area contributed by atoms with Crippen molar-refractivity contribution in [3.63, 3.8) is 0 Å². The van der Waals surface area contributed by atoms with Crippen molar-refractivity contribution in [1.29, 1.82) is 0 Å². The molecule has 0 aliphatic carbocycles. The Morgan fingerprint density at radius 3 is 0.844 bits per heavy atom. The van der Waals surface area contributed by atoms with Gasteiger partial charge in [0.1, 0.15) is 0 Å². The van der Waals surface area contributed by atoms with E-state index in [1.165, 1.54) is 388 Å². The first-order valence-corrected chi connectivity index (χ1v) is 43.3. The summed E-state index contributed by atoms with van der Waals surface area (Å²) in [5.41, 5.74) is 21.7. The summed E-state index contributed by atoms with van der Waals surface area (Å²) >= 11 is 1.06. The van der Waals surface area contributed by atoms with E-state index >= 15 is 0 Å². The topological polar surface area (TPSA) is 25.3 Å². The molecular formula is C87H156N2Pd. The Balaban J connectivity index is 0.000000633. The molecule has 2 aromatic carbocycles. The van der Waals surface area contributed by atoms with Gasteiger partial charge in [0.15, 0.2) is 0 Å². The summed E-state index contributed by atoms with van der Waals surface area (Å²) in [6, 6.07) is 18.0. The molecule has 1 aliphatic heterocycles. The van der Waals surface area contributed by atoms with E-state index in [1.807, 2.05) is 0 Å². The summed E-state index contributed by atoms with van der Waals surface area (Å²) in [7, 11) is 0. The molecule has 2 aromatic rings. The van der Waals surface area contributed by atoms with Crippen LogP contribution in [0.4, 0.5) is 0 Å². The number of hydrogen-bond acceptors (Lipinski definition) is 0. The van der Waals surface area contributed by atoms with Gasteiger partial charge in [-0.05, 0) is 86.8 Å². The molecule has 0 N–H and O–H groups in total. The van der Waals surface area contributed by atoms with Crippen LogP contribution in [0.3, 0.4) is 0 Å². The Labute approximate surface area is 573 Å². The van der Waals surface area contributed by atoms with Crippen LogP contribution in [-0.4, -0.2) is 4.70 Å². The average Bonchev–Trinajstić information content (AvgIpc) is 1.63. The fourth-order valence-electron chi connectivity index (χ4n) is 13.9. The zero-order valence-corrected chi connectivity index (χ0v) is 63.3. The summed E-state index contributed by atoms with van der Waals surface area (Å²) in [4.78, 5) is 3.10. The van der Waals surface area contributed by atoms with Gasteiger partial charge in [-0.2, -0.15) is 0 Å². The van der Waals surface area contributed by atoms with E-state index in [9.17, 15) is 5.53 Å². The van der Waals surface area contributed by atoms with Crippen molar-refractivity contribution < 1.29 is 22.7 Å². The Bertz CT molecular complexity index is 1860. The van der Waals surface area contributed by atoms with Gasteiger partial charge in [0, 0.05) is 22.3 Å². The van der Waals surface area contributed by atoms with Gasteiger partial charge in [-0.3, -0.25) is 0 Å². The Hall–Kier alpha value is -1.82. The zero-order valence-electron chi connectivity index (χ0n) is 61.8. The van der Waals surface area contributed by atoms with Crippen LogP contribution < -0.4 is 0 Å². The fourth-order valence-corrected chi connectivity index (χ4v) is 15.8. The molecule has 1 aliphatic rings. The maximum absolute atomic E-state index is 11.9. The standard InChI is InChI=1S/C37H54N2.2C25H51.Pd/c1-5-9-13-14-15-17-20-31-21-18-22-33(29-31)37-34(23-12-8-4)35(24-16-10-6-2)36(39(37)38)32-27-25-30(26-28-32)19-11-7-3;2*1-3-5-7-9-11-13-15-17-19-21-23-25-24-22-20-18-16-14-12-10-8-6-4-2;/h18,21-22,25-29H,5-17,19-20,23-24H2,1-4H3;2*1,3-25H2,2H3;. The van der Waals surface area contributed by atoms with E-state index in [0.29, 0.717) is 0 Å². The Morgan fingerprint density at radius 2 is 0.500 bits per heavy atom. The van der Waals surface area contributed by atoms with Crippen molar-refractivity contribution in [2.45, 2.75) is 456 Å². The van der Waals surface area contributed by atoms with E-state index < -0.39 is 0 Å². The minimum Gasteiger partial charge on any atom is -0.493 e. The quantitative estimate of drug-likeness (QED) is 0.0358. The van der Waals surface area contributed by atoms with Crippen LogP contribution in [-0.2, 0) is 30.8 Å². The van der Waals surface area contributed by atoms with Gasteiger partial charge in [0.05, 0.1) is 0 Å². The minimum absolute atomic E-state index is 1.01. The minimum atomic E-state index is 1.01. The predicted octanol–water partition coefficient (Wildman–Crippen LogP) is 31.8. The van der Waals surface area contributed by atoms with Crippen LogP contribution in [0.1, 0.15) is 455 Å². The van der Waals surface area contributed by atoms with Gasteiger partial charge >= 0.3 is 169 Å². The number of hydrogen-bond donors (Lipinski definition) is 0. The number of benzene rings is 2. The first-order valence-electron chi connectivity index (χ1n) is 41.1. The molecule has 524 valence electrons. The van der Waals surface area contributed by atoms with Crippen LogP contribution in [0, 0.1) is 0 Å². The van der Waals surface area contributed by atoms with Crippen molar-refractivity contribution in [1.82, 2.24) is 0 Å². The summed E-state index contributed by atoms with van der Waals surface area (Å²) in [5, 5.41) is 0. The van der Waals surface area contributed by atoms with E-state index in [2.05, 4.69) is 90.1 Å². The molecule has 3 heteroatoms. The van der Waals surface area contributed by atoms with Gasteiger partial charge < -0.3 is 5.53 Å². The van der Waals surface area contributed by atoms with Crippen molar-refractivity contribution in [3.8, 4) is 0 Å². The van der Waals surface area contributed by atoms with Gasteiger partial charge in [0.25, 0.3) is 0 Å². The molecule has 0 amide bonds. The second-order valence-electron chi connectivity index (χ2n) is 28.6. The van der Waals surface area contributed by atoms with Crippen LogP contribution in [0.2, 0.25) is 9.79 Å². The van der Waals surface area contributed by atoms with Crippen molar-refractivity contribution in [2.75, 3.05) is 0 Å². The molecule has 0 saturated carbocycles. The SMILES string of the molecule is CCCCCCCCCCCCCCCCCCCCCCCC[CH2][Pd][CH2]CCCCCCCCCCCCCCCCCCCCCCCC.CCCCCCCCc1cccc(C2=C(CCCC)C(CCCCC)=C(c3ccc(CCCC)cc3)[N+]2=[N-])c1. The third kappa shape index (κ3) is 47.1. The van der Waals surface area contributed by atoms with Crippen LogP contribution in [0.5, 0.6) is 0 Å². The molecule has 0 saturated heterocycles. The summed E-state index contributed by atoms with van der Waals surface area (Å²) < 4.78 is 1.55. The van der Waals surface area contributed by atoms with E-state index in [1.54, 1.807) is 14.5 Å². The van der Waals surface area contributed by atoms with E-state index in [-0.39, 0.29) is 0 Å². The Morgan fingerprint density at radius 1 is 0.244 bits per heavy atom. The molecule has 0 spiro atoms. The third-order valence-corrected chi connectivity index (χ3v) is 22.1. The molecule has 0 unspecified atom stereocenters. The summed E-state index contributed by atoms with van der Waals surface area (Å²) in [5.74, 6) is 0. The monoisotopic (exact) mass is 1340 g/mol. The molecule has 0 aromatic heterocycles. The van der Waals surface area contributed by atoms with Gasteiger partial charge in [0.2, 0.25) is 11.4 Å². The molecule has 0 atom stereocenters. The number of allylic oxidation sites excluding steroid dienone is 2. The fraction of sp³-hybridized carbons (Fsp3) is 0.816. The smallest absolute Gasteiger partial charge is 0.493 e. The zero-order chi connectivity index (χ0) is 64.5. The third-order valence-electron chi connectivity index (χ3n) is 19.9. The molecule has 0 fully saturated rings. The number of aryl methyl sites for hydroxylation is 2. The van der Waals surface area contributed by atoms with Gasteiger partial charge in [-0.1, -0.05) is 278 Å². The average molecular weight is 1340 g/mol. The van der Waals surface area contributed by atoms with Crippen LogP contribution >= 0.6 is 0 Å². The molecule has 0 radical (unpaired) electrons. The molecule has 90 heavy (non-hydrogen) atoms. The van der Waals surface area contributed by atoms with Crippen molar-refractivity contribution in [2.24, 2.45) is 0 Å².